The second-order valence-corrected chi connectivity index (χ2v) is 3.11. The van der Waals surface area contributed by atoms with Crippen LogP contribution in [0, 0.1) is 0 Å². The first kappa shape index (κ1) is 11.3. The molecule has 0 rings (SSSR count). The summed E-state index contributed by atoms with van der Waals surface area (Å²) in [6, 6.07) is 0.117. The number of hydrogen-bond acceptors (Lipinski definition) is 1. The minimum Gasteiger partial charge on any atom is -0.331 e. The molecule has 3 heteroatoms. The highest BCUT2D eigenvalue weighted by atomic mass is 16.2. The van der Waals surface area contributed by atoms with Crippen LogP contribution in [0.4, 0.5) is 4.79 Å². The largest absolute Gasteiger partial charge is 0.331 e. The first-order valence-electron chi connectivity index (χ1n) is 4.59. The summed E-state index contributed by atoms with van der Waals surface area (Å²) in [4.78, 5) is 14.9. The van der Waals surface area contributed by atoms with Gasteiger partial charge in [0.05, 0.1) is 0 Å². The Labute approximate surface area is 75.3 Å². The van der Waals surface area contributed by atoms with Crippen molar-refractivity contribution in [2.45, 2.75) is 26.7 Å². The molecule has 72 valence electrons. The molecule has 0 aliphatic rings. The molecule has 0 N–H and O–H groups in total. The third-order valence-electron chi connectivity index (χ3n) is 1.82. The van der Waals surface area contributed by atoms with E-state index in [1.807, 2.05) is 11.8 Å². The van der Waals surface area contributed by atoms with E-state index >= 15 is 0 Å². The Morgan fingerprint density at radius 1 is 1.25 bits per heavy atom. The highest BCUT2D eigenvalue weighted by Gasteiger charge is 2.11. The summed E-state index contributed by atoms with van der Waals surface area (Å²) < 4.78 is 0. The van der Waals surface area contributed by atoms with Crippen molar-refractivity contribution < 1.29 is 4.79 Å². The molecule has 0 aromatic carbocycles. The Morgan fingerprint density at radius 3 is 2.17 bits per heavy atom. The Bertz CT molecular complexity index is 134. The van der Waals surface area contributed by atoms with Gasteiger partial charge < -0.3 is 9.80 Å². The topological polar surface area (TPSA) is 23.6 Å². The second kappa shape index (κ2) is 5.86. The number of unbranched alkanes of at least 4 members (excludes halogenated alkanes) is 1. The normalized spacial score (nSPS) is 9.67. The molecule has 0 atom stereocenters. The Kier molecular flexibility index (Phi) is 5.51. The maximum atomic E-state index is 11.4. The van der Waals surface area contributed by atoms with Crippen molar-refractivity contribution >= 4 is 6.03 Å². The number of urea groups is 1. The second-order valence-electron chi connectivity index (χ2n) is 3.11. The van der Waals surface area contributed by atoms with Crippen molar-refractivity contribution in [2.24, 2.45) is 0 Å². The van der Waals surface area contributed by atoms with E-state index in [9.17, 15) is 4.79 Å². The van der Waals surface area contributed by atoms with Gasteiger partial charge in [-0.25, -0.2) is 4.79 Å². The van der Waals surface area contributed by atoms with E-state index in [-0.39, 0.29) is 6.03 Å². The first-order chi connectivity index (χ1) is 5.63. The highest BCUT2D eigenvalue weighted by Crippen LogP contribution is 1.98. The molecule has 0 aromatic rings. The molecule has 0 saturated carbocycles. The van der Waals surface area contributed by atoms with Crippen LogP contribution in [-0.2, 0) is 0 Å². The van der Waals surface area contributed by atoms with Crippen molar-refractivity contribution in [3.8, 4) is 0 Å². The summed E-state index contributed by atoms with van der Waals surface area (Å²) in [7, 11) is 3.58. The molecule has 0 aliphatic heterocycles. The number of carbonyl (C=O) groups excluding carboxylic acids is 1. The Hall–Kier alpha value is -0.730. The smallest absolute Gasteiger partial charge is 0.319 e. The third kappa shape index (κ3) is 3.60. The summed E-state index contributed by atoms with van der Waals surface area (Å²) in [6.07, 6.45) is 2.23. The van der Waals surface area contributed by atoms with Crippen molar-refractivity contribution in [3.05, 3.63) is 0 Å². The Balaban J connectivity index is 3.88. The predicted molar refractivity (Wildman–Crippen MR) is 51.2 cm³/mol. The average molecular weight is 172 g/mol. The van der Waals surface area contributed by atoms with Gasteiger partial charge in [-0.05, 0) is 13.3 Å². The number of nitrogens with zero attached hydrogens (tertiary/aromatic N) is 2. The highest BCUT2D eigenvalue weighted by molar-refractivity contribution is 5.73. The van der Waals surface area contributed by atoms with Crippen molar-refractivity contribution in [3.63, 3.8) is 0 Å². The lowest BCUT2D eigenvalue weighted by atomic mass is 10.3. The van der Waals surface area contributed by atoms with E-state index in [4.69, 9.17) is 0 Å². The van der Waals surface area contributed by atoms with Crippen LogP contribution in [0.1, 0.15) is 26.7 Å². The molecule has 3 nitrogen and oxygen atoms in total. The minimum absolute atomic E-state index is 0.117. The number of amides is 2. The van der Waals surface area contributed by atoms with Gasteiger partial charge in [-0.1, -0.05) is 13.3 Å². The van der Waals surface area contributed by atoms with Crippen LogP contribution in [0.2, 0.25) is 0 Å². The van der Waals surface area contributed by atoms with Gasteiger partial charge in [0.25, 0.3) is 0 Å². The zero-order chi connectivity index (χ0) is 9.56. The van der Waals surface area contributed by atoms with Crippen molar-refractivity contribution in [1.29, 1.82) is 0 Å². The monoisotopic (exact) mass is 172 g/mol. The fraction of sp³-hybridized carbons (Fsp3) is 0.889. The molecule has 2 amide bonds. The van der Waals surface area contributed by atoms with Crippen LogP contribution in [0.3, 0.4) is 0 Å². The molecule has 0 heterocycles. The van der Waals surface area contributed by atoms with Crippen LogP contribution in [0.5, 0.6) is 0 Å². The van der Waals surface area contributed by atoms with E-state index in [2.05, 4.69) is 6.92 Å². The molecule has 0 unspecified atom stereocenters. The van der Waals surface area contributed by atoms with Crippen LogP contribution in [-0.4, -0.2) is 43.0 Å². The van der Waals surface area contributed by atoms with E-state index < -0.39 is 0 Å². The fourth-order valence-electron chi connectivity index (χ4n) is 1.02. The lowest BCUT2D eigenvalue weighted by molar-refractivity contribution is 0.173. The molecule has 0 spiro atoms. The van der Waals surface area contributed by atoms with Gasteiger partial charge in [0.15, 0.2) is 0 Å². The number of hydrogen-bond donors (Lipinski definition) is 0. The van der Waals surface area contributed by atoms with Crippen molar-refractivity contribution in [2.75, 3.05) is 27.2 Å². The molecule has 0 aromatic heterocycles. The van der Waals surface area contributed by atoms with Gasteiger partial charge in [-0.15, -0.1) is 0 Å². The van der Waals surface area contributed by atoms with Gasteiger partial charge in [0.1, 0.15) is 0 Å². The molecule has 0 saturated heterocycles. The van der Waals surface area contributed by atoms with E-state index in [1.54, 1.807) is 19.0 Å². The minimum atomic E-state index is 0.117. The molecule has 0 bridgehead atoms. The molecular formula is C9H20N2O. The summed E-state index contributed by atoms with van der Waals surface area (Å²) >= 11 is 0. The molecule has 0 aliphatic carbocycles. The third-order valence-corrected chi connectivity index (χ3v) is 1.82. The summed E-state index contributed by atoms with van der Waals surface area (Å²) in [5.74, 6) is 0. The average Bonchev–Trinajstić information content (AvgIpc) is 2.05. The van der Waals surface area contributed by atoms with E-state index in [1.165, 1.54) is 0 Å². The number of rotatable bonds is 4. The molecular weight excluding hydrogens is 152 g/mol. The van der Waals surface area contributed by atoms with Gasteiger partial charge in [-0.2, -0.15) is 0 Å². The van der Waals surface area contributed by atoms with Gasteiger partial charge in [-0.3, -0.25) is 0 Å². The maximum Gasteiger partial charge on any atom is 0.319 e. The van der Waals surface area contributed by atoms with Crippen LogP contribution >= 0.6 is 0 Å². The van der Waals surface area contributed by atoms with Crippen LogP contribution in [0.15, 0.2) is 0 Å². The predicted octanol–water partition coefficient (Wildman–Crippen LogP) is 1.79. The molecule has 0 radical (unpaired) electrons. The lowest BCUT2D eigenvalue weighted by Crippen LogP contribution is -2.39. The maximum absolute atomic E-state index is 11.4. The first-order valence-corrected chi connectivity index (χ1v) is 4.59. The lowest BCUT2D eigenvalue weighted by Gasteiger charge is -2.24. The van der Waals surface area contributed by atoms with Crippen LogP contribution < -0.4 is 0 Å². The van der Waals surface area contributed by atoms with E-state index in [0.29, 0.717) is 0 Å². The zero-order valence-corrected chi connectivity index (χ0v) is 8.63. The fourth-order valence-corrected chi connectivity index (χ4v) is 1.02. The van der Waals surface area contributed by atoms with E-state index in [0.717, 1.165) is 25.9 Å². The standard InChI is InChI=1S/C9H20N2O/c1-5-7-8-11(6-2)9(12)10(3)4/h5-8H2,1-4H3. The number of carbonyl (C=O) groups is 1. The quantitative estimate of drug-likeness (QED) is 0.634. The van der Waals surface area contributed by atoms with Crippen LogP contribution in [0.25, 0.3) is 0 Å². The molecule has 0 fully saturated rings. The molecule has 12 heavy (non-hydrogen) atoms. The van der Waals surface area contributed by atoms with Gasteiger partial charge in [0, 0.05) is 27.2 Å². The SMILES string of the molecule is CCCCN(CC)C(=O)N(C)C. The Morgan fingerprint density at radius 2 is 1.83 bits per heavy atom. The van der Waals surface area contributed by atoms with Gasteiger partial charge in [0.2, 0.25) is 0 Å². The summed E-state index contributed by atoms with van der Waals surface area (Å²) in [5, 5.41) is 0. The zero-order valence-electron chi connectivity index (χ0n) is 8.63. The van der Waals surface area contributed by atoms with Crippen molar-refractivity contribution in [1.82, 2.24) is 9.80 Å². The summed E-state index contributed by atoms with van der Waals surface area (Å²) in [5.41, 5.74) is 0. The van der Waals surface area contributed by atoms with Gasteiger partial charge >= 0.3 is 6.03 Å². The summed E-state index contributed by atoms with van der Waals surface area (Å²) in [6.45, 7) is 5.83.